The second kappa shape index (κ2) is 10.4. The molecule has 0 aromatic heterocycles. The molecule has 1 aliphatic heterocycles. The van der Waals surface area contributed by atoms with E-state index in [1.807, 2.05) is 0 Å². The maximum absolute atomic E-state index is 2.33. The van der Waals surface area contributed by atoms with Gasteiger partial charge in [0.15, 0.2) is 0 Å². The molecule has 0 radical (unpaired) electrons. The van der Waals surface area contributed by atoms with Gasteiger partial charge in [-0.25, -0.2) is 0 Å². The predicted octanol–water partition coefficient (Wildman–Crippen LogP) is 4.95. The van der Waals surface area contributed by atoms with Crippen molar-refractivity contribution in [2.75, 3.05) is 26.2 Å². The number of hydrogen-bond donors (Lipinski definition) is 0. The van der Waals surface area contributed by atoms with Gasteiger partial charge in [-0.15, -0.1) is 17.0 Å². The number of halogens is 1. The van der Waals surface area contributed by atoms with Gasteiger partial charge in [0.2, 0.25) is 0 Å². The number of unbranched alkanes of at least 4 members (excludes halogenated alkanes) is 2. The Morgan fingerprint density at radius 2 is 1.12 bits per heavy atom. The van der Waals surface area contributed by atoms with Gasteiger partial charge in [-0.3, -0.25) is 0 Å². The van der Waals surface area contributed by atoms with E-state index in [-0.39, 0.29) is 17.0 Å². The van der Waals surface area contributed by atoms with Crippen LogP contribution in [-0.2, 0) is 0 Å². The van der Waals surface area contributed by atoms with Crippen LogP contribution < -0.4 is 0 Å². The molecule has 0 unspecified atom stereocenters. The molecule has 0 aromatic rings. The van der Waals surface area contributed by atoms with Gasteiger partial charge in [-0.1, -0.05) is 33.1 Å². The summed E-state index contributed by atoms with van der Waals surface area (Å²) in [6.07, 6.45) is 13.0. The smallest absolute Gasteiger partial charge is 0.0786 e. The minimum atomic E-state index is 0. The van der Waals surface area contributed by atoms with Gasteiger partial charge < -0.3 is 4.48 Å². The molecule has 0 aromatic carbocycles. The highest BCUT2D eigenvalue weighted by molar-refractivity contribution is 8.93. The Hall–Kier alpha value is 0.440. The van der Waals surface area contributed by atoms with Crippen LogP contribution in [0.4, 0.5) is 0 Å². The van der Waals surface area contributed by atoms with Gasteiger partial charge in [0, 0.05) is 0 Å². The van der Waals surface area contributed by atoms with Crippen LogP contribution in [0, 0.1) is 0 Å². The normalized spacial score (nSPS) is 20.1. The van der Waals surface area contributed by atoms with Crippen molar-refractivity contribution in [1.29, 1.82) is 0 Å². The van der Waals surface area contributed by atoms with E-state index in [1.54, 1.807) is 0 Å². The first-order valence-corrected chi connectivity index (χ1v) is 7.68. The van der Waals surface area contributed by atoms with Gasteiger partial charge in [0.05, 0.1) is 26.2 Å². The van der Waals surface area contributed by atoms with E-state index in [1.165, 1.54) is 88.4 Å². The Bertz CT molecular complexity index is 145. The molecule has 104 valence electrons. The molecule has 1 saturated heterocycles. The summed E-state index contributed by atoms with van der Waals surface area (Å²) in [6, 6.07) is 0. The molecule has 1 nitrogen and oxygen atoms in total. The quantitative estimate of drug-likeness (QED) is 0.609. The van der Waals surface area contributed by atoms with E-state index < -0.39 is 0 Å². The summed E-state index contributed by atoms with van der Waals surface area (Å²) in [5, 5.41) is 0. The number of likely N-dealkylation sites (tertiary alicyclic amines) is 1. The Morgan fingerprint density at radius 3 is 1.53 bits per heavy atom. The molecule has 0 spiro atoms. The minimum absolute atomic E-state index is 0. The van der Waals surface area contributed by atoms with Crippen LogP contribution in [0.5, 0.6) is 0 Å². The zero-order valence-electron chi connectivity index (χ0n) is 12.0. The van der Waals surface area contributed by atoms with Gasteiger partial charge in [-0.2, -0.15) is 0 Å². The van der Waals surface area contributed by atoms with Gasteiger partial charge in [0.1, 0.15) is 0 Å². The molecule has 1 heterocycles. The zero-order chi connectivity index (χ0) is 11.7. The minimum Gasteiger partial charge on any atom is -0.324 e. The first kappa shape index (κ1) is 17.4. The molecule has 1 rings (SSSR count). The molecule has 0 N–H and O–H groups in total. The van der Waals surface area contributed by atoms with Crippen LogP contribution in [0.25, 0.3) is 0 Å². The predicted molar refractivity (Wildman–Crippen MR) is 83.0 cm³/mol. The summed E-state index contributed by atoms with van der Waals surface area (Å²) in [6.45, 7) is 10.5. The summed E-state index contributed by atoms with van der Waals surface area (Å²) in [5.41, 5.74) is 0. The average molecular weight is 307 g/mol. The van der Waals surface area contributed by atoms with Crippen molar-refractivity contribution in [2.45, 2.75) is 71.6 Å². The molecular weight excluding hydrogens is 274 g/mol. The van der Waals surface area contributed by atoms with Gasteiger partial charge in [0.25, 0.3) is 0 Å². The van der Waals surface area contributed by atoms with E-state index in [0.29, 0.717) is 0 Å². The van der Waals surface area contributed by atoms with Crippen molar-refractivity contribution in [3.05, 3.63) is 0 Å². The third-order valence-corrected chi connectivity index (χ3v) is 4.24. The molecule has 0 bridgehead atoms. The van der Waals surface area contributed by atoms with Crippen molar-refractivity contribution in [3.63, 3.8) is 0 Å². The first-order chi connectivity index (χ1) is 7.83. The highest BCUT2D eigenvalue weighted by Crippen LogP contribution is 2.20. The molecule has 0 amide bonds. The molecule has 2 heteroatoms. The fourth-order valence-electron chi connectivity index (χ4n) is 3.08. The van der Waals surface area contributed by atoms with E-state index in [2.05, 4.69) is 13.8 Å². The number of nitrogens with zero attached hydrogens (tertiary/aromatic N) is 1. The molecular formula is C15H33BrN+. The zero-order valence-corrected chi connectivity index (χ0v) is 13.8. The Balaban J connectivity index is 0.00000256. The lowest BCUT2D eigenvalue weighted by atomic mass is 10.0. The fraction of sp³-hybridized carbons (Fsp3) is 1.00. The lowest BCUT2D eigenvalue weighted by Gasteiger charge is -2.40. The molecule has 0 saturated carbocycles. The van der Waals surface area contributed by atoms with E-state index in [4.69, 9.17) is 0 Å². The standard InChI is InChI=1S/C15H32N.BrH/c1-3-5-12-16(13-6-4-2)14-10-8-7-9-11-15-16;/h3-15H2,1-2H3;1H/q+1;. The van der Waals surface area contributed by atoms with Crippen LogP contribution in [0.3, 0.4) is 0 Å². The molecule has 1 fully saturated rings. The van der Waals surface area contributed by atoms with Crippen LogP contribution in [0.1, 0.15) is 71.6 Å². The Kier molecular flexibility index (Phi) is 10.6. The van der Waals surface area contributed by atoms with Crippen molar-refractivity contribution in [1.82, 2.24) is 0 Å². The van der Waals surface area contributed by atoms with Crippen LogP contribution in [0.2, 0.25) is 0 Å². The SMILES string of the molecule is Br.CCCC[N+]1(CCCC)CCCCCCC1. The maximum atomic E-state index is 2.33. The second-order valence-electron chi connectivity index (χ2n) is 5.71. The summed E-state index contributed by atoms with van der Waals surface area (Å²) >= 11 is 0. The van der Waals surface area contributed by atoms with Crippen molar-refractivity contribution < 1.29 is 4.48 Å². The Morgan fingerprint density at radius 1 is 0.706 bits per heavy atom. The Labute approximate surface area is 119 Å². The lowest BCUT2D eigenvalue weighted by Crippen LogP contribution is -2.51. The van der Waals surface area contributed by atoms with E-state index >= 15 is 0 Å². The monoisotopic (exact) mass is 306 g/mol. The third-order valence-electron chi connectivity index (χ3n) is 4.24. The summed E-state index contributed by atoms with van der Waals surface area (Å²) in [5.74, 6) is 0. The first-order valence-electron chi connectivity index (χ1n) is 7.68. The highest BCUT2D eigenvalue weighted by Gasteiger charge is 2.26. The van der Waals surface area contributed by atoms with Crippen molar-refractivity contribution in [3.8, 4) is 0 Å². The van der Waals surface area contributed by atoms with E-state index in [0.717, 1.165) is 0 Å². The van der Waals surface area contributed by atoms with E-state index in [9.17, 15) is 0 Å². The second-order valence-corrected chi connectivity index (χ2v) is 5.71. The van der Waals surface area contributed by atoms with Crippen molar-refractivity contribution in [2.24, 2.45) is 0 Å². The molecule has 0 aliphatic carbocycles. The van der Waals surface area contributed by atoms with Crippen LogP contribution >= 0.6 is 17.0 Å². The summed E-state index contributed by atoms with van der Waals surface area (Å²) in [4.78, 5) is 0. The lowest BCUT2D eigenvalue weighted by molar-refractivity contribution is -0.929. The molecule has 1 aliphatic rings. The van der Waals surface area contributed by atoms with Crippen LogP contribution in [0.15, 0.2) is 0 Å². The molecule has 0 atom stereocenters. The number of quaternary nitrogens is 1. The number of rotatable bonds is 6. The van der Waals surface area contributed by atoms with Gasteiger partial charge in [-0.05, 0) is 38.5 Å². The molecule has 17 heavy (non-hydrogen) atoms. The topological polar surface area (TPSA) is 0 Å². The average Bonchev–Trinajstić information content (AvgIpc) is 2.27. The largest absolute Gasteiger partial charge is 0.324 e. The summed E-state index contributed by atoms with van der Waals surface area (Å²) in [7, 11) is 0. The van der Waals surface area contributed by atoms with Crippen molar-refractivity contribution >= 4 is 17.0 Å². The third kappa shape index (κ3) is 6.81. The highest BCUT2D eigenvalue weighted by atomic mass is 79.9. The fourth-order valence-corrected chi connectivity index (χ4v) is 3.08. The summed E-state index contributed by atoms with van der Waals surface area (Å²) < 4.78 is 1.46. The maximum Gasteiger partial charge on any atom is 0.0786 e. The van der Waals surface area contributed by atoms with Crippen LogP contribution in [-0.4, -0.2) is 30.7 Å². The van der Waals surface area contributed by atoms with Gasteiger partial charge >= 0.3 is 0 Å². The number of hydrogen-bond acceptors (Lipinski definition) is 0.